The fourth-order valence-corrected chi connectivity index (χ4v) is 2.54. The van der Waals surface area contributed by atoms with Gasteiger partial charge in [0.15, 0.2) is 0 Å². The van der Waals surface area contributed by atoms with Gasteiger partial charge in [0, 0.05) is 24.8 Å². The molecular formula is C12H21N3O. The van der Waals surface area contributed by atoms with Gasteiger partial charge in [0.05, 0.1) is 11.8 Å². The Labute approximate surface area is 96.7 Å². The van der Waals surface area contributed by atoms with Crippen molar-refractivity contribution in [3.05, 3.63) is 18.0 Å². The third-order valence-corrected chi connectivity index (χ3v) is 3.55. The molecule has 1 aliphatic rings. The molecule has 0 aliphatic heterocycles. The lowest BCUT2D eigenvalue weighted by Gasteiger charge is -2.35. The zero-order valence-corrected chi connectivity index (χ0v) is 10.1. The van der Waals surface area contributed by atoms with Crippen LogP contribution in [0.2, 0.25) is 0 Å². The Morgan fingerprint density at radius 2 is 2.25 bits per heavy atom. The van der Waals surface area contributed by atoms with Crippen LogP contribution < -0.4 is 5.32 Å². The lowest BCUT2D eigenvalue weighted by molar-refractivity contribution is -0.00820. The second-order valence-electron chi connectivity index (χ2n) is 4.77. The molecule has 0 amide bonds. The van der Waals surface area contributed by atoms with Gasteiger partial charge < -0.3 is 10.4 Å². The molecule has 1 saturated carbocycles. The first-order chi connectivity index (χ1) is 7.64. The number of aliphatic hydroxyl groups is 1. The molecule has 0 bridgehead atoms. The number of aromatic nitrogens is 2. The van der Waals surface area contributed by atoms with Crippen molar-refractivity contribution in [1.29, 1.82) is 0 Å². The molecule has 0 saturated heterocycles. The predicted octanol–water partition coefficient (Wildman–Crippen LogP) is 1.16. The van der Waals surface area contributed by atoms with E-state index in [2.05, 4.69) is 17.3 Å². The number of nitrogens with zero attached hydrogens (tertiary/aromatic N) is 2. The molecule has 4 heteroatoms. The van der Waals surface area contributed by atoms with Gasteiger partial charge in [-0.2, -0.15) is 5.10 Å². The molecule has 0 aromatic carbocycles. The summed E-state index contributed by atoms with van der Waals surface area (Å²) in [5.74, 6) is 0. The highest BCUT2D eigenvalue weighted by Gasteiger charge is 2.35. The van der Waals surface area contributed by atoms with Crippen molar-refractivity contribution in [1.82, 2.24) is 15.1 Å². The molecule has 2 N–H and O–H groups in total. The van der Waals surface area contributed by atoms with E-state index < -0.39 is 5.60 Å². The molecule has 4 nitrogen and oxygen atoms in total. The lowest BCUT2D eigenvalue weighted by atomic mass is 9.79. The maximum absolute atomic E-state index is 10.6. The smallest absolute Gasteiger partial charge is 0.0928 e. The second-order valence-corrected chi connectivity index (χ2v) is 4.77. The molecule has 90 valence electrons. The fraction of sp³-hybridized carbons (Fsp3) is 0.750. The molecule has 1 aliphatic carbocycles. The molecular weight excluding hydrogens is 202 g/mol. The van der Waals surface area contributed by atoms with E-state index >= 15 is 0 Å². The number of hydrogen-bond acceptors (Lipinski definition) is 3. The summed E-state index contributed by atoms with van der Waals surface area (Å²) in [6.45, 7) is 3.14. The van der Waals surface area contributed by atoms with E-state index in [4.69, 9.17) is 0 Å². The number of aryl methyl sites for hydroxylation is 1. The Kier molecular flexibility index (Phi) is 3.30. The Bertz CT molecular complexity index is 340. The van der Waals surface area contributed by atoms with E-state index in [1.54, 1.807) is 10.9 Å². The first kappa shape index (κ1) is 11.6. The highest BCUT2D eigenvalue weighted by Crippen LogP contribution is 2.36. The highest BCUT2D eigenvalue weighted by molar-refractivity contribution is 5.16. The summed E-state index contributed by atoms with van der Waals surface area (Å²) >= 11 is 0. The van der Waals surface area contributed by atoms with Crippen molar-refractivity contribution in [2.24, 2.45) is 7.05 Å². The molecule has 2 rings (SSSR count). The van der Waals surface area contributed by atoms with Crippen molar-refractivity contribution in [2.75, 3.05) is 6.54 Å². The Morgan fingerprint density at radius 1 is 1.56 bits per heavy atom. The van der Waals surface area contributed by atoms with Crippen molar-refractivity contribution in [2.45, 2.75) is 44.2 Å². The maximum atomic E-state index is 10.6. The molecule has 0 atom stereocenters. The van der Waals surface area contributed by atoms with Gasteiger partial charge in [0.25, 0.3) is 0 Å². The summed E-state index contributed by atoms with van der Waals surface area (Å²) in [6.07, 6.45) is 7.45. The largest absolute Gasteiger partial charge is 0.385 e. The van der Waals surface area contributed by atoms with E-state index in [0.717, 1.165) is 37.8 Å². The van der Waals surface area contributed by atoms with E-state index in [1.807, 2.05) is 13.2 Å². The minimum atomic E-state index is -0.653. The molecule has 1 aromatic rings. The predicted molar refractivity (Wildman–Crippen MR) is 63.0 cm³/mol. The molecule has 0 unspecified atom stereocenters. The standard InChI is InChI=1S/C12H21N3O/c1-3-13-11-4-6-12(16,7-5-11)10-8-14-15(2)9-10/h8-9,11,13,16H,3-7H2,1-2H3. The highest BCUT2D eigenvalue weighted by atomic mass is 16.3. The minimum Gasteiger partial charge on any atom is -0.385 e. The number of nitrogens with one attached hydrogen (secondary N) is 1. The Balaban J connectivity index is 2.01. The number of rotatable bonds is 3. The van der Waals surface area contributed by atoms with Crippen LogP contribution in [-0.4, -0.2) is 27.5 Å². The van der Waals surface area contributed by atoms with Gasteiger partial charge in [-0.1, -0.05) is 6.92 Å². The SMILES string of the molecule is CCNC1CCC(O)(c2cnn(C)c2)CC1. The molecule has 1 aromatic heterocycles. The van der Waals surface area contributed by atoms with E-state index in [-0.39, 0.29) is 0 Å². The molecule has 16 heavy (non-hydrogen) atoms. The van der Waals surface area contributed by atoms with Gasteiger partial charge in [-0.25, -0.2) is 0 Å². The first-order valence-electron chi connectivity index (χ1n) is 6.09. The van der Waals surface area contributed by atoms with Gasteiger partial charge in [-0.3, -0.25) is 4.68 Å². The van der Waals surface area contributed by atoms with Crippen LogP contribution in [-0.2, 0) is 12.6 Å². The van der Waals surface area contributed by atoms with Crippen molar-refractivity contribution in [3.8, 4) is 0 Å². The van der Waals surface area contributed by atoms with Crippen LogP contribution in [0.25, 0.3) is 0 Å². The zero-order chi connectivity index (χ0) is 11.6. The van der Waals surface area contributed by atoms with Gasteiger partial charge >= 0.3 is 0 Å². The normalized spacial score (nSPS) is 30.6. The Hall–Kier alpha value is -0.870. The van der Waals surface area contributed by atoms with E-state index in [0.29, 0.717) is 6.04 Å². The summed E-state index contributed by atoms with van der Waals surface area (Å²) in [5.41, 5.74) is 0.310. The molecule has 0 spiro atoms. The summed E-state index contributed by atoms with van der Waals surface area (Å²) in [6, 6.07) is 0.571. The fourth-order valence-electron chi connectivity index (χ4n) is 2.54. The van der Waals surface area contributed by atoms with Crippen LogP contribution in [0.5, 0.6) is 0 Å². The third kappa shape index (κ3) is 2.28. The van der Waals surface area contributed by atoms with Crippen molar-refractivity contribution < 1.29 is 5.11 Å². The summed E-state index contributed by atoms with van der Waals surface area (Å²) in [4.78, 5) is 0. The van der Waals surface area contributed by atoms with Gasteiger partial charge in [-0.15, -0.1) is 0 Å². The molecule has 1 fully saturated rings. The van der Waals surface area contributed by atoms with Gasteiger partial charge in [0.1, 0.15) is 0 Å². The van der Waals surface area contributed by atoms with E-state index in [1.165, 1.54) is 0 Å². The van der Waals surface area contributed by atoms with Crippen LogP contribution >= 0.6 is 0 Å². The summed E-state index contributed by atoms with van der Waals surface area (Å²) < 4.78 is 1.75. The molecule has 0 radical (unpaired) electrons. The van der Waals surface area contributed by atoms with Crippen molar-refractivity contribution >= 4 is 0 Å². The Morgan fingerprint density at radius 3 is 2.75 bits per heavy atom. The van der Waals surface area contributed by atoms with Gasteiger partial charge in [0.2, 0.25) is 0 Å². The average Bonchev–Trinajstić information content (AvgIpc) is 2.70. The van der Waals surface area contributed by atoms with Crippen LogP contribution in [0.15, 0.2) is 12.4 Å². The first-order valence-corrected chi connectivity index (χ1v) is 6.09. The lowest BCUT2D eigenvalue weighted by Crippen LogP contribution is -2.39. The topological polar surface area (TPSA) is 50.1 Å². The monoisotopic (exact) mass is 223 g/mol. The third-order valence-electron chi connectivity index (χ3n) is 3.55. The minimum absolute atomic E-state index is 0.571. The quantitative estimate of drug-likeness (QED) is 0.808. The molecule has 1 heterocycles. The van der Waals surface area contributed by atoms with Gasteiger partial charge in [-0.05, 0) is 32.2 Å². The van der Waals surface area contributed by atoms with Crippen LogP contribution in [0, 0.1) is 0 Å². The summed E-state index contributed by atoms with van der Waals surface area (Å²) in [5, 5.41) is 18.1. The van der Waals surface area contributed by atoms with Crippen LogP contribution in [0.4, 0.5) is 0 Å². The average molecular weight is 223 g/mol. The van der Waals surface area contributed by atoms with E-state index in [9.17, 15) is 5.11 Å². The zero-order valence-electron chi connectivity index (χ0n) is 10.1. The van der Waals surface area contributed by atoms with Crippen molar-refractivity contribution in [3.63, 3.8) is 0 Å². The van der Waals surface area contributed by atoms with Crippen LogP contribution in [0.3, 0.4) is 0 Å². The summed E-state index contributed by atoms with van der Waals surface area (Å²) in [7, 11) is 1.89. The maximum Gasteiger partial charge on any atom is 0.0928 e. The second kappa shape index (κ2) is 4.55. The van der Waals surface area contributed by atoms with Crippen LogP contribution in [0.1, 0.15) is 38.2 Å². The number of hydrogen-bond donors (Lipinski definition) is 2.